The minimum absolute atomic E-state index is 0.265. The second-order valence-corrected chi connectivity index (χ2v) is 4.14. The number of benzene rings is 1. The van der Waals surface area contributed by atoms with E-state index in [1.807, 2.05) is 31.2 Å². The van der Waals surface area contributed by atoms with Gasteiger partial charge in [-0.1, -0.05) is 25.1 Å². The van der Waals surface area contributed by atoms with Crippen molar-refractivity contribution in [1.82, 2.24) is 9.97 Å². The third kappa shape index (κ3) is 2.94. The molecule has 0 unspecified atom stereocenters. The molecule has 88 valence electrons. The van der Waals surface area contributed by atoms with E-state index < -0.39 is 0 Å². The lowest BCUT2D eigenvalue weighted by Crippen LogP contribution is -1.99. The third-order valence-electron chi connectivity index (χ3n) is 2.49. The number of halogens is 1. The Morgan fingerprint density at radius 2 is 2.00 bits per heavy atom. The largest absolute Gasteiger partial charge is 0.340 e. The Balaban J connectivity index is 2.31. The molecule has 2 rings (SSSR count). The van der Waals surface area contributed by atoms with Gasteiger partial charge in [-0.05, 0) is 36.6 Å². The molecular formula is C13H14ClN3. The van der Waals surface area contributed by atoms with Crippen LogP contribution < -0.4 is 5.32 Å². The highest BCUT2D eigenvalue weighted by molar-refractivity contribution is 6.28. The molecule has 3 nitrogen and oxygen atoms in total. The molecule has 1 N–H and O–H groups in total. The summed E-state index contributed by atoms with van der Waals surface area (Å²) in [5.41, 5.74) is 3.16. The average molecular weight is 248 g/mol. The Morgan fingerprint density at radius 3 is 2.71 bits per heavy atom. The Labute approximate surface area is 106 Å². The summed E-state index contributed by atoms with van der Waals surface area (Å²) in [6.07, 6.45) is 0.973. The summed E-state index contributed by atoms with van der Waals surface area (Å²) < 4.78 is 0. The summed E-state index contributed by atoms with van der Waals surface area (Å²) in [4.78, 5) is 8.18. The molecule has 1 heterocycles. The third-order valence-corrected chi connectivity index (χ3v) is 2.66. The fourth-order valence-corrected chi connectivity index (χ4v) is 1.91. The van der Waals surface area contributed by atoms with Gasteiger partial charge in [-0.3, -0.25) is 0 Å². The number of nitrogens with zero attached hydrogens (tertiary/aromatic N) is 2. The van der Waals surface area contributed by atoms with Crippen molar-refractivity contribution in [1.29, 1.82) is 0 Å². The van der Waals surface area contributed by atoms with Crippen molar-refractivity contribution in [2.24, 2.45) is 0 Å². The molecule has 0 saturated carbocycles. The van der Waals surface area contributed by atoms with Gasteiger partial charge in [0.25, 0.3) is 0 Å². The first-order chi connectivity index (χ1) is 8.19. The van der Waals surface area contributed by atoms with Crippen molar-refractivity contribution >= 4 is 23.1 Å². The number of anilines is 2. The van der Waals surface area contributed by atoms with Crippen molar-refractivity contribution in [3.8, 4) is 0 Å². The van der Waals surface area contributed by atoms with Crippen molar-refractivity contribution in [2.45, 2.75) is 20.3 Å². The van der Waals surface area contributed by atoms with E-state index in [4.69, 9.17) is 11.6 Å². The highest BCUT2D eigenvalue weighted by Gasteiger charge is 2.03. The van der Waals surface area contributed by atoms with Gasteiger partial charge in [-0.25, -0.2) is 9.97 Å². The van der Waals surface area contributed by atoms with Crippen LogP contribution in [-0.2, 0) is 6.42 Å². The average Bonchev–Trinajstić information content (AvgIpc) is 2.28. The number of rotatable bonds is 3. The van der Waals surface area contributed by atoms with E-state index in [0.717, 1.165) is 23.6 Å². The Bertz CT molecular complexity index is 506. The molecule has 0 atom stereocenters. The first-order valence-corrected chi connectivity index (χ1v) is 5.93. The van der Waals surface area contributed by atoms with Crippen LogP contribution >= 0.6 is 11.6 Å². The molecule has 2 aromatic rings. The number of aromatic nitrogens is 2. The van der Waals surface area contributed by atoms with Crippen LogP contribution in [-0.4, -0.2) is 9.97 Å². The zero-order valence-electron chi connectivity index (χ0n) is 9.87. The maximum atomic E-state index is 5.83. The van der Waals surface area contributed by atoms with Crippen molar-refractivity contribution in [3.05, 3.63) is 46.9 Å². The van der Waals surface area contributed by atoms with Gasteiger partial charge in [0.2, 0.25) is 5.28 Å². The summed E-state index contributed by atoms with van der Waals surface area (Å²) in [6, 6.07) is 10.0. The highest BCUT2D eigenvalue weighted by Crippen LogP contribution is 2.21. The predicted octanol–water partition coefficient (Wildman–Crippen LogP) is 3.74. The Morgan fingerprint density at radius 1 is 1.24 bits per heavy atom. The number of para-hydroxylation sites is 1. The lowest BCUT2D eigenvalue weighted by Gasteiger charge is -2.10. The van der Waals surface area contributed by atoms with Crippen LogP contribution in [0.1, 0.15) is 18.2 Å². The monoisotopic (exact) mass is 247 g/mol. The van der Waals surface area contributed by atoms with E-state index in [9.17, 15) is 0 Å². The molecule has 0 radical (unpaired) electrons. The van der Waals surface area contributed by atoms with Gasteiger partial charge in [-0.2, -0.15) is 0 Å². The fraction of sp³-hybridized carbons (Fsp3) is 0.231. The van der Waals surface area contributed by atoms with Gasteiger partial charge in [-0.15, -0.1) is 0 Å². The summed E-state index contributed by atoms with van der Waals surface area (Å²) in [6.45, 7) is 4.02. The highest BCUT2D eigenvalue weighted by atomic mass is 35.5. The van der Waals surface area contributed by atoms with Gasteiger partial charge in [0.05, 0.1) is 0 Å². The first kappa shape index (κ1) is 11.9. The molecule has 4 heteroatoms. The number of aryl methyl sites for hydroxylation is 2. The molecule has 0 bridgehead atoms. The standard InChI is InChI=1S/C13H14ClN3/c1-3-10-6-4-5-7-11(10)16-12-8-9(2)15-13(14)17-12/h4-8H,3H2,1-2H3,(H,15,16,17). The number of hydrogen-bond donors (Lipinski definition) is 1. The molecule has 0 aliphatic rings. The molecule has 1 aromatic heterocycles. The molecule has 0 amide bonds. The summed E-state index contributed by atoms with van der Waals surface area (Å²) in [7, 11) is 0. The van der Waals surface area contributed by atoms with Crippen LogP contribution in [0.25, 0.3) is 0 Å². The van der Waals surface area contributed by atoms with Crippen molar-refractivity contribution in [3.63, 3.8) is 0 Å². The maximum absolute atomic E-state index is 5.83. The summed E-state index contributed by atoms with van der Waals surface area (Å²) >= 11 is 5.83. The molecule has 0 aliphatic heterocycles. The number of hydrogen-bond acceptors (Lipinski definition) is 3. The Kier molecular flexibility index (Phi) is 3.59. The van der Waals surface area contributed by atoms with E-state index >= 15 is 0 Å². The van der Waals surface area contributed by atoms with E-state index in [1.54, 1.807) is 0 Å². The molecule has 1 aromatic carbocycles. The molecule has 0 spiro atoms. The van der Waals surface area contributed by atoms with Crippen molar-refractivity contribution in [2.75, 3.05) is 5.32 Å². The number of nitrogens with one attached hydrogen (secondary N) is 1. The minimum atomic E-state index is 0.265. The van der Waals surface area contributed by atoms with Crippen LogP contribution in [0, 0.1) is 6.92 Å². The minimum Gasteiger partial charge on any atom is -0.340 e. The van der Waals surface area contributed by atoms with Gasteiger partial charge in [0.15, 0.2) is 0 Å². The van der Waals surface area contributed by atoms with Gasteiger partial charge < -0.3 is 5.32 Å². The topological polar surface area (TPSA) is 37.8 Å². The van der Waals surface area contributed by atoms with Gasteiger partial charge >= 0.3 is 0 Å². The van der Waals surface area contributed by atoms with Crippen LogP contribution in [0.3, 0.4) is 0 Å². The van der Waals surface area contributed by atoms with Crippen LogP contribution in [0.15, 0.2) is 30.3 Å². The smallest absolute Gasteiger partial charge is 0.224 e. The van der Waals surface area contributed by atoms with E-state index in [-0.39, 0.29) is 5.28 Å². The lowest BCUT2D eigenvalue weighted by molar-refractivity contribution is 1.10. The second kappa shape index (κ2) is 5.15. The molecule has 0 saturated heterocycles. The predicted molar refractivity (Wildman–Crippen MR) is 70.9 cm³/mol. The fourth-order valence-electron chi connectivity index (χ4n) is 1.68. The maximum Gasteiger partial charge on any atom is 0.224 e. The van der Waals surface area contributed by atoms with Crippen molar-refractivity contribution < 1.29 is 0 Å². The van der Waals surface area contributed by atoms with E-state index in [1.165, 1.54) is 5.56 Å². The SMILES string of the molecule is CCc1ccccc1Nc1cc(C)nc(Cl)n1. The summed E-state index contributed by atoms with van der Waals surface area (Å²) in [5.74, 6) is 0.725. The summed E-state index contributed by atoms with van der Waals surface area (Å²) in [5, 5.41) is 3.53. The molecule has 0 aliphatic carbocycles. The second-order valence-electron chi connectivity index (χ2n) is 3.80. The quantitative estimate of drug-likeness (QED) is 0.840. The van der Waals surface area contributed by atoms with Crippen LogP contribution in [0.5, 0.6) is 0 Å². The van der Waals surface area contributed by atoms with Gasteiger partial charge in [0.1, 0.15) is 5.82 Å². The zero-order valence-corrected chi connectivity index (χ0v) is 10.6. The molecule has 17 heavy (non-hydrogen) atoms. The first-order valence-electron chi connectivity index (χ1n) is 5.55. The lowest BCUT2D eigenvalue weighted by atomic mass is 10.1. The molecule has 0 fully saturated rings. The zero-order chi connectivity index (χ0) is 12.3. The van der Waals surface area contributed by atoms with E-state index in [2.05, 4.69) is 28.3 Å². The van der Waals surface area contributed by atoms with Crippen LogP contribution in [0.2, 0.25) is 5.28 Å². The normalized spacial score (nSPS) is 10.3. The molecular weight excluding hydrogens is 234 g/mol. The van der Waals surface area contributed by atoms with Gasteiger partial charge in [0, 0.05) is 17.4 Å². The van der Waals surface area contributed by atoms with E-state index in [0.29, 0.717) is 0 Å². The Hall–Kier alpha value is -1.61. The van der Waals surface area contributed by atoms with Crippen LogP contribution in [0.4, 0.5) is 11.5 Å².